The second kappa shape index (κ2) is 15.2. The molecule has 0 saturated heterocycles. The Kier molecular flexibility index (Phi) is 8.96. The predicted molar refractivity (Wildman–Crippen MR) is 321 cm³/mol. The number of thiophene rings is 2. The van der Waals surface area contributed by atoms with Crippen LogP contribution in [-0.2, 0) is 10.8 Å². The van der Waals surface area contributed by atoms with E-state index in [4.69, 9.17) is 0 Å². The molecule has 0 nitrogen and oxygen atoms in total. The third-order valence-electron chi connectivity index (χ3n) is 18.3. The Balaban J connectivity index is 1.10. The Hall–Kier alpha value is -7.62. The number of rotatable bonds is 4. The molecule has 0 fully saturated rings. The van der Waals surface area contributed by atoms with E-state index in [1.165, 1.54) is 150 Å². The maximum absolute atomic E-state index is 2.58. The van der Waals surface area contributed by atoms with Gasteiger partial charge in [0.15, 0.2) is 0 Å². The molecule has 0 atom stereocenters. The van der Waals surface area contributed by atoms with Crippen LogP contribution < -0.4 is 0 Å². The molecule has 0 bridgehead atoms. The normalized spacial score (nSPS) is 15.0. The molecular formula is C71H52S2. The monoisotopic (exact) mass is 968 g/mol. The maximum atomic E-state index is 2.58. The van der Waals surface area contributed by atoms with Gasteiger partial charge in [-0.25, -0.2) is 0 Å². The first-order valence-corrected chi connectivity index (χ1v) is 27.5. The van der Waals surface area contributed by atoms with Gasteiger partial charge in [0, 0.05) is 56.9 Å². The minimum Gasteiger partial charge on any atom is -0.135 e. The van der Waals surface area contributed by atoms with E-state index < -0.39 is 0 Å². The lowest BCUT2D eigenvalue weighted by atomic mass is 9.59. The second-order valence-corrected chi connectivity index (χ2v) is 24.3. The third kappa shape index (κ3) is 5.71. The van der Waals surface area contributed by atoms with E-state index in [1.54, 1.807) is 0 Å². The lowest BCUT2D eigenvalue weighted by Crippen LogP contribution is -2.42. The largest absolute Gasteiger partial charge is 0.135 e. The van der Waals surface area contributed by atoms with Crippen molar-refractivity contribution in [1.29, 1.82) is 0 Å². The molecule has 0 amide bonds. The Bertz CT molecular complexity index is 4580. The van der Waals surface area contributed by atoms with Crippen LogP contribution in [0, 0.1) is 5.41 Å². The molecule has 2 aromatic heterocycles. The Morgan fingerprint density at radius 1 is 0.288 bits per heavy atom. The van der Waals surface area contributed by atoms with Crippen molar-refractivity contribution >= 4 is 117 Å². The highest BCUT2D eigenvalue weighted by Gasteiger charge is 2.56. The fourth-order valence-electron chi connectivity index (χ4n) is 13.7. The van der Waals surface area contributed by atoms with Crippen molar-refractivity contribution in [3.8, 4) is 44.5 Å². The molecule has 0 unspecified atom stereocenters. The molecule has 73 heavy (non-hydrogen) atoms. The van der Waals surface area contributed by atoms with Crippen LogP contribution in [0.4, 0.5) is 0 Å². The minimum absolute atomic E-state index is 0.00811. The summed E-state index contributed by atoms with van der Waals surface area (Å²) in [7, 11) is 0. The molecule has 0 spiro atoms. The minimum atomic E-state index is -0.00811. The molecule has 348 valence electrons. The van der Waals surface area contributed by atoms with Gasteiger partial charge in [-0.15, -0.1) is 22.7 Å². The molecule has 2 heterocycles. The van der Waals surface area contributed by atoms with Gasteiger partial charge in [0.25, 0.3) is 0 Å². The second-order valence-electron chi connectivity index (χ2n) is 22.2. The first-order valence-electron chi connectivity index (χ1n) is 25.8. The summed E-state index contributed by atoms with van der Waals surface area (Å²) in [5.74, 6) is 0. The summed E-state index contributed by atoms with van der Waals surface area (Å²) in [6.45, 7) is 14.7. The van der Waals surface area contributed by atoms with Crippen LogP contribution >= 0.6 is 22.7 Å². The SMILES string of the molecule is CC1(C)c2ccc(-c3c4ccccc4c(-c4cc5cc(-c6c7ccccc7c(-c7ccccc7)c7ccccc67)c6sc7ccccc7c6c5c5c4sc4ccccc45)c4ccccc34)cc2C(C)(C)C1(C)C. The Morgan fingerprint density at radius 3 is 1.08 bits per heavy atom. The predicted octanol–water partition coefficient (Wildman–Crippen LogP) is 21.5. The standard InChI is InChI=1S/C71H52S2/c1-69(2)56-37-36-42(40-57(56)70(3,4)71(69,5)6)61-46-26-12-16-30-50(46)64(51-31-17-13-27-47(51)61)55-39-43-38-54(63-48-28-14-10-24-44(48)60(41-22-8-7-9-23-41)45-25-11-15-29-49(45)63)67-65(52-32-18-20-34-58(52)72-67)62(43)66-53-33-19-21-35-59(53)73-68(55)66/h7-40H,1-6H3. The van der Waals surface area contributed by atoms with Gasteiger partial charge >= 0.3 is 0 Å². The van der Waals surface area contributed by atoms with E-state index >= 15 is 0 Å². The molecule has 0 N–H and O–H groups in total. The number of hydrogen-bond donors (Lipinski definition) is 0. The van der Waals surface area contributed by atoms with Crippen LogP contribution in [0.1, 0.15) is 52.7 Å². The average Bonchev–Trinajstić information content (AvgIpc) is 4.04. The van der Waals surface area contributed by atoms with Crippen molar-refractivity contribution in [1.82, 2.24) is 0 Å². The highest BCUT2D eigenvalue weighted by molar-refractivity contribution is 7.27. The summed E-state index contributed by atoms with van der Waals surface area (Å²) < 4.78 is 5.30. The van der Waals surface area contributed by atoms with Gasteiger partial charge in [-0.2, -0.15) is 0 Å². The van der Waals surface area contributed by atoms with Gasteiger partial charge in [0.05, 0.1) is 0 Å². The van der Waals surface area contributed by atoms with Gasteiger partial charge < -0.3 is 0 Å². The van der Waals surface area contributed by atoms with Crippen molar-refractivity contribution < 1.29 is 0 Å². The summed E-state index contributed by atoms with van der Waals surface area (Å²) in [5.41, 5.74) is 13.4. The van der Waals surface area contributed by atoms with Gasteiger partial charge in [0.2, 0.25) is 0 Å². The fourth-order valence-corrected chi connectivity index (χ4v) is 16.1. The van der Waals surface area contributed by atoms with Crippen molar-refractivity contribution in [3.63, 3.8) is 0 Å². The van der Waals surface area contributed by atoms with Crippen LogP contribution in [0.3, 0.4) is 0 Å². The fraction of sp³-hybridized carbons (Fsp3) is 0.127. The molecule has 15 rings (SSSR count). The van der Waals surface area contributed by atoms with Gasteiger partial charge in [-0.05, 0) is 133 Å². The van der Waals surface area contributed by atoms with Crippen molar-refractivity contribution in [2.45, 2.75) is 52.4 Å². The molecule has 1 aliphatic rings. The van der Waals surface area contributed by atoms with Gasteiger partial charge in [-0.3, -0.25) is 0 Å². The number of hydrogen-bond acceptors (Lipinski definition) is 2. The summed E-state index contributed by atoms with van der Waals surface area (Å²) in [4.78, 5) is 0. The third-order valence-corrected chi connectivity index (χ3v) is 20.7. The van der Waals surface area contributed by atoms with E-state index in [-0.39, 0.29) is 16.2 Å². The first-order chi connectivity index (χ1) is 35.5. The maximum Gasteiger partial charge on any atom is 0.0440 e. The van der Waals surface area contributed by atoms with Crippen LogP contribution in [-0.4, -0.2) is 0 Å². The molecule has 2 heteroatoms. The number of fused-ring (bicyclic) bond motifs is 14. The highest BCUT2D eigenvalue weighted by Crippen LogP contribution is 2.62. The Morgan fingerprint density at radius 2 is 0.644 bits per heavy atom. The zero-order valence-corrected chi connectivity index (χ0v) is 43.6. The summed E-state index contributed by atoms with van der Waals surface area (Å²) >= 11 is 3.90. The molecule has 0 radical (unpaired) electrons. The number of benzene rings is 12. The van der Waals surface area contributed by atoms with Crippen molar-refractivity contribution in [2.24, 2.45) is 5.41 Å². The Labute approximate surface area is 433 Å². The van der Waals surface area contributed by atoms with Crippen molar-refractivity contribution in [3.05, 3.63) is 217 Å². The zero-order valence-electron chi connectivity index (χ0n) is 41.9. The van der Waals surface area contributed by atoms with E-state index in [0.717, 1.165) is 0 Å². The first kappa shape index (κ1) is 43.0. The van der Waals surface area contributed by atoms with E-state index in [0.29, 0.717) is 0 Å². The average molecular weight is 969 g/mol. The van der Waals surface area contributed by atoms with Crippen LogP contribution in [0.2, 0.25) is 0 Å². The summed E-state index contributed by atoms with van der Waals surface area (Å²) in [5, 5.41) is 18.2. The summed E-state index contributed by atoms with van der Waals surface area (Å²) in [6, 6.07) is 78.6. The molecular weight excluding hydrogens is 917 g/mol. The van der Waals surface area contributed by atoms with E-state index in [2.05, 4.69) is 248 Å². The van der Waals surface area contributed by atoms with Crippen molar-refractivity contribution in [2.75, 3.05) is 0 Å². The van der Waals surface area contributed by atoms with Crippen LogP contribution in [0.15, 0.2) is 206 Å². The van der Waals surface area contributed by atoms with Gasteiger partial charge in [0.1, 0.15) is 0 Å². The molecule has 14 aromatic rings. The quantitative estimate of drug-likeness (QED) is 0.154. The highest BCUT2D eigenvalue weighted by atomic mass is 32.1. The van der Waals surface area contributed by atoms with Crippen LogP contribution in [0.5, 0.6) is 0 Å². The van der Waals surface area contributed by atoms with Gasteiger partial charge in [-0.1, -0.05) is 224 Å². The molecule has 1 aliphatic carbocycles. The molecule has 0 aliphatic heterocycles. The van der Waals surface area contributed by atoms with Crippen LogP contribution in [0.25, 0.3) is 139 Å². The smallest absolute Gasteiger partial charge is 0.0440 e. The van der Waals surface area contributed by atoms with E-state index in [9.17, 15) is 0 Å². The molecule has 0 saturated carbocycles. The lowest BCUT2D eigenvalue weighted by molar-refractivity contribution is 0.125. The molecule has 12 aromatic carbocycles. The zero-order chi connectivity index (χ0) is 49.1. The topological polar surface area (TPSA) is 0 Å². The lowest BCUT2D eigenvalue weighted by Gasteiger charge is -2.44. The summed E-state index contributed by atoms with van der Waals surface area (Å²) in [6.07, 6.45) is 0. The van der Waals surface area contributed by atoms with E-state index in [1.807, 2.05) is 22.7 Å².